The summed E-state index contributed by atoms with van der Waals surface area (Å²) in [5.74, 6) is 2.05. The van der Waals surface area contributed by atoms with E-state index < -0.39 is 0 Å². The first-order chi connectivity index (χ1) is 35.5. The van der Waals surface area contributed by atoms with E-state index in [2.05, 4.69) is 226 Å². The maximum absolute atomic E-state index is 7.83. The van der Waals surface area contributed by atoms with Crippen LogP contribution in [-0.2, 0) is 37.3 Å². The maximum atomic E-state index is 7.83. The van der Waals surface area contributed by atoms with Crippen molar-refractivity contribution in [2.24, 2.45) is 0 Å². The number of hydrogen-bond acceptors (Lipinski definition) is 2. The fraction of sp³-hybridized carbons (Fsp3) is 0.191. The molecule has 0 radical (unpaired) electrons. The Bertz CT molecular complexity index is 3990. The third kappa shape index (κ3) is 8.75. The second-order valence-corrected chi connectivity index (χ2v) is 22.8. The molecule has 0 spiro atoms. The van der Waals surface area contributed by atoms with Gasteiger partial charge in [0.2, 0.25) is 5.69 Å². The van der Waals surface area contributed by atoms with Crippen LogP contribution in [0.3, 0.4) is 0 Å². The molecular weight excluding hydrogens is 1100 g/mol. The molecule has 368 valence electrons. The zero-order valence-corrected chi connectivity index (χ0v) is 46.1. The standard InChI is InChI=1S/C68H57N5O.Pt/c1-66(2,3)45-32-33-70-63(39-45)73-60-31-28-44(64-57-24-13-11-22-54(57)55-23-12-14-25-58(55)64)35-59(60)56-30-29-52(41-62(56)73)74-51-21-16-20-49(40-51)71-42-72(50-37-46(67(4,5)6)36-47(38-50)68(7,8)9)65-53(26-17-27-61(65)71)43-18-15-19-48(34-43)69-10;/h11-39,64H,1-9H3;/q;+2. The predicted molar refractivity (Wildman–Crippen MR) is 304 cm³/mol. The minimum Gasteiger partial charge on any atom is -0.509 e. The van der Waals surface area contributed by atoms with Crippen molar-refractivity contribution >= 4 is 56.3 Å². The minimum atomic E-state index is -0.0964. The zero-order valence-electron chi connectivity index (χ0n) is 43.8. The van der Waals surface area contributed by atoms with Crippen molar-refractivity contribution < 1.29 is 25.8 Å². The van der Waals surface area contributed by atoms with Gasteiger partial charge in [0.15, 0.2) is 5.69 Å². The summed E-state index contributed by atoms with van der Waals surface area (Å²) < 4.78 is 13.3. The topological polar surface area (TPSA) is 37.4 Å². The van der Waals surface area contributed by atoms with E-state index in [1.165, 1.54) is 44.5 Å². The zero-order chi connectivity index (χ0) is 51.3. The Morgan fingerprint density at radius 3 is 1.93 bits per heavy atom. The summed E-state index contributed by atoms with van der Waals surface area (Å²) in [6.07, 6.45) is 1.92. The molecule has 2 aromatic heterocycles. The van der Waals surface area contributed by atoms with Gasteiger partial charge in [-0.15, -0.1) is 23.6 Å². The molecule has 7 heteroatoms. The van der Waals surface area contributed by atoms with Gasteiger partial charge < -0.3 is 9.30 Å². The third-order valence-corrected chi connectivity index (χ3v) is 14.8. The molecule has 12 rings (SSSR count). The Morgan fingerprint density at radius 2 is 1.24 bits per heavy atom. The Morgan fingerprint density at radius 1 is 0.587 bits per heavy atom. The average molecular weight is 1160 g/mol. The number of rotatable bonds is 7. The van der Waals surface area contributed by atoms with Gasteiger partial charge in [0, 0.05) is 47.3 Å². The average Bonchev–Trinajstić information content (AvgIpc) is 4.11. The van der Waals surface area contributed by atoms with E-state index in [1.54, 1.807) is 0 Å². The molecule has 0 fully saturated rings. The van der Waals surface area contributed by atoms with Crippen LogP contribution in [0.1, 0.15) is 102 Å². The first kappa shape index (κ1) is 49.3. The largest absolute Gasteiger partial charge is 2.00 e. The van der Waals surface area contributed by atoms with E-state index in [-0.39, 0.29) is 43.2 Å². The molecule has 1 aliphatic heterocycles. The Balaban J connectivity index is 0.00000602. The van der Waals surface area contributed by atoms with Crippen LogP contribution >= 0.6 is 0 Å². The first-order valence-electron chi connectivity index (χ1n) is 25.5. The second-order valence-electron chi connectivity index (χ2n) is 22.8. The monoisotopic (exact) mass is 1150 g/mol. The predicted octanol–water partition coefficient (Wildman–Crippen LogP) is 17.7. The number of pyridine rings is 1. The molecule has 0 bridgehead atoms. The third-order valence-electron chi connectivity index (χ3n) is 14.8. The van der Waals surface area contributed by atoms with Crippen LogP contribution in [0.2, 0.25) is 0 Å². The van der Waals surface area contributed by atoms with Crippen LogP contribution < -0.4 is 13.9 Å². The van der Waals surface area contributed by atoms with Crippen molar-refractivity contribution in [1.29, 1.82) is 0 Å². The molecule has 0 amide bonds. The van der Waals surface area contributed by atoms with Crippen LogP contribution in [0.25, 0.3) is 54.7 Å². The van der Waals surface area contributed by atoms with Gasteiger partial charge >= 0.3 is 32.8 Å². The number of aromatic nitrogens is 2. The van der Waals surface area contributed by atoms with Crippen molar-refractivity contribution in [3.8, 4) is 39.6 Å². The van der Waals surface area contributed by atoms with Crippen molar-refractivity contribution in [3.63, 3.8) is 0 Å². The van der Waals surface area contributed by atoms with Gasteiger partial charge in [-0.1, -0.05) is 176 Å². The Labute approximate surface area is 455 Å². The molecule has 0 unspecified atom stereocenters. The Hall–Kier alpha value is -7.93. The van der Waals surface area contributed by atoms with Gasteiger partial charge in [-0.25, -0.2) is 9.83 Å². The molecule has 75 heavy (non-hydrogen) atoms. The molecular formula is C68H57N5OPt+2. The van der Waals surface area contributed by atoms with E-state index in [0.717, 1.165) is 61.5 Å². The molecule has 3 heterocycles. The number of ether oxygens (including phenoxy) is 1. The molecule has 0 saturated heterocycles. The van der Waals surface area contributed by atoms with Crippen LogP contribution in [0, 0.1) is 18.7 Å². The second kappa shape index (κ2) is 18.5. The normalized spacial score (nSPS) is 13.2. The molecule has 8 aromatic carbocycles. The quantitative estimate of drug-likeness (QED) is 0.118. The van der Waals surface area contributed by atoms with Gasteiger partial charge in [0.05, 0.1) is 12.1 Å². The van der Waals surface area contributed by atoms with E-state index in [9.17, 15) is 0 Å². The van der Waals surface area contributed by atoms with Crippen LogP contribution in [0.15, 0.2) is 176 Å². The number of hydrogen-bond donors (Lipinski definition) is 0. The summed E-state index contributed by atoms with van der Waals surface area (Å²) in [5.41, 5.74) is 18.1. The van der Waals surface area contributed by atoms with Crippen molar-refractivity contribution in [3.05, 3.63) is 233 Å². The summed E-state index contributed by atoms with van der Waals surface area (Å²) in [7, 11) is 0. The van der Waals surface area contributed by atoms with Gasteiger partial charge in [-0.3, -0.25) is 0 Å². The number of nitrogens with zero attached hydrogens (tertiary/aromatic N) is 5. The van der Waals surface area contributed by atoms with E-state index in [0.29, 0.717) is 17.2 Å². The van der Waals surface area contributed by atoms with Crippen LogP contribution in [-0.4, -0.2) is 15.6 Å². The van der Waals surface area contributed by atoms with Crippen molar-refractivity contribution in [1.82, 2.24) is 18.7 Å². The van der Waals surface area contributed by atoms with E-state index >= 15 is 0 Å². The molecule has 2 aliphatic rings. The summed E-state index contributed by atoms with van der Waals surface area (Å²) in [6.45, 7) is 28.1. The summed E-state index contributed by atoms with van der Waals surface area (Å²) in [6, 6.07) is 71.3. The Kier molecular flexibility index (Phi) is 12.1. The first-order valence-corrected chi connectivity index (χ1v) is 25.5. The minimum absolute atomic E-state index is 0. The molecule has 1 aliphatic carbocycles. The number of benzene rings is 8. The summed E-state index contributed by atoms with van der Waals surface area (Å²) in [5, 5.41) is 2.19. The molecule has 0 N–H and O–H groups in total. The van der Waals surface area contributed by atoms with E-state index in [1.807, 2.05) is 48.7 Å². The fourth-order valence-electron chi connectivity index (χ4n) is 10.8. The number of para-hydroxylation sites is 1. The van der Waals surface area contributed by atoms with Crippen LogP contribution in [0.4, 0.5) is 28.4 Å². The SMILES string of the molecule is [C-]#[N+]c1cccc(-c2cccc3c2[N+](c2cc(C(C)(C)C)cc(C(C)(C)C)c2)=C=[N+]3c2[c-]c(Oc3[c-]c4c(cc3)c3cc(C5c6ccccc6-c6ccccc65)ccc3n4-c3cc(C(C)(C)C)ccn3)ccc2)c1.[Pt+2]. The number of fused-ring (bicyclic) bond motifs is 7. The fourth-order valence-corrected chi connectivity index (χ4v) is 10.8. The maximum Gasteiger partial charge on any atom is 2.00 e. The molecule has 6 nitrogen and oxygen atoms in total. The van der Waals surface area contributed by atoms with Gasteiger partial charge in [0.1, 0.15) is 11.5 Å². The van der Waals surface area contributed by atoms with Gasteiger partial charge in [-0.2, -0.15) is 12.1 Å². The van der Waals surface area contributed by atoms with Crippen LogP contribution in [0.5, 0.6) is 11.5 Å². The van der Waals surface area contributed by atoms with E-state index in [4.69, 9.17) is 16.3 Å². The molecule has 0 atom stereocenters. The molecule has 10 aromatic rings. The van der Waals surface area contributed by atoms with Crippen molar-refractivity contribution in [2.75, 3.05) is 0 Å². The van der Waals surface area contributed by atoms with Gasteiger partial charge in [0.25, 0.3) is 5.69 Å². The summed E-state index contributed by atoms with van der Waals surface area (Å²) >= 11 is 0. The van der Waals surface area contributed by atoms with Gasteiger partial charge in [-0.05, 0) is 107 Å². The van der Waals surface area contributed by atoms with Crippen molar-refractivity contribution in [2.45, 2.75) is 84.5 Å². The molecule has 0 saturated carbocycles. The summed E-state index contributed by atoms with van der Waals surface area (Å²) in [4.78, 5) is 8.79. The smallest absolute Gasteiger partial charge is 0.509 e.